The molecule has 2 aliphatic carbocycles. The fourth-order valence-electron chi connectivity index (χ4n) is 4.48. The van der Waals surface area contributed by atoms with Crippen molar-refractivity contribution in [3.63, 3.8) is 0 Å². The molecule has 0 saturated carbocycles. The molecule has 0 unspecified atom stereocenters. The largest absolute Gasteiger partial charge is 0.264 e. The molecule has 0 amide bonds. The lowest BCUT2D eigenvalue weighted by atomic mass is 9.78. The first-order valence-corrected chi connectivity index (χ1v) is 9.17. The molecule has 5 rings (SSSR count). The number of benzene rings is 2. The SMILES string of the molecule is Cc1cc(-c2cccnc2)c2c3c(ccc2c1)C1=C(CCC=C1)CC3. The minimum atomic E-state index is 1.15. The highest BCUT2D eigenvalue weighted by molar-refractivity contribution is 6.03. The molecule has 1 nitrogen and oxygen atoms in total. The number of hydrogen-bond donors (Lipinski definition) is 0. The van der Waals surface area contributed by atoms with Crippen LogP contribution in [-0.2, 0) is 6.42 Å². The first-order chi connectivity index (χ1) is 12.3. The van der Waals surface area contributed by atoms with Gasteiger partial charge in [-0.15, -0.1) is 0 Å². The maximum Gasteiger partial charge on any atom is 0.0346 e. The van der Waals surface area contributed by atoms with E-state index in [1.165, 1.54) is 63.4 Å². The van der Waals surface area contributed by atoms with Gasteiger partial charge in [0.2, 0.25) is 0 Å². The van der Waals surface area contributed by atoms with Crippen molar-refractivity contribution >= 4 is 16.3 Å². The van der Waals surface area contributed by atoms with Crippen LogP contribution in [0.1, 0.15) is 36.0 Å². The minimum Gasteiger partial charge on any atom is -0.264 e. The van der Waals surface area contributed by atoms with Crippen molar-refractivity contribution in [3.05, 3.63) is 83.2 Å². The summed E-state index contributed by atoms with van der Waals surface area (Å²) in [6.07, 6.45) is 13.3. The van der Waals surface area contributed by atoms with Crippen molar-refractivity contribution in [2.75, 3.05) is 0 Å². The molecule has 1 heteroatoms. The predicted molar refractivity (Wildman–Crippen MR) is 106 cm³/mol. The van der Waals surface area contributed by atoms with E-state index in [1.807, 2.05) is 18.5 Å². The number of allylic oxidation sites excluding steroid dienone is 4. The van der Waals surface area contributed by atoms with Gasteiger partial charge >= 0.3 is 0 Å². The van der Waals surface area contributed by atoms with E-state index in [0.29, 0.717) is 0 Å². The van der Waals surface area contributed by atoms with E-state index < -0.39 is 0 Å². The molecule has 0 spiro atoms. The Morgan fingerprint density at radius 1 is 0.960 bits per heavy atom. The van der Waals surface area contributed by atoms with Crippen molar-refractivity contribution in [1.29, 1.82) is 0 Å². The van der Waals surface area contributed by atoms with Crippen LogP contribution in [0.3, 0.4) is 0 Å². The second-order valence-electron chi connectivity index (χ2n) is 7.20. The number of nitrogens with zero attached hydrogens (tertiary/aromatic N) is 1. The summed E-state index contributed by atoms with van der Waals surface area (Å²) in [6.45, 7) is 2.18. The van der Waals surface area contributed by atoms with Crippen molar-refractivity contribution in [2.45, 2.75) is 32.6 Å². The molecule has 3 aromatic rings. The summed E-state index contributed by atoms with van der Waals surface area (Å²) in [5.41, 5.74) is 9.92. The van der Waals surface area contributed by atoms with Crippen LogP contribution in [0.15, 0.2) is 66.5 Å². The standard InChI is InChI=1S/C24H21N/c1-16-13-18-9-10-21-20-7-3-2-5-17(20)8-11-22(21)24(18)23(14-16)19-6-4-12-25-15-19/h3-4,6-7,9-10,12-15H,2,5,8,11H2,1H3. The van der Waals surface area contributed by atoms with E-state index in [9.17, 15) is 0 Å². The summed E-state index contributed by atoms with van der Waals surface area (Å²) in [5.74, 6) is 0. The van der Waals surface area contributed by atoms with E-state index >= 15 is 0 Å². The molecule has 0 aliphatic heterocycles. The van der Waals surface area contributed by atoms with Gasteiger partial charge in [0.1, 0.15) is 0 Å². The summed E-state index contributed by atoms with van der Waals surface area (Å²) in [4.78, 5) is 4.35. The maximum absolute atomic E-state index is 4.35. The normalized spacial score (nSPS) is 16.0. The van der Waals surface area contributed by atoms with Gasteiger partial charge in [-0.3, -0.25) is 4.98 Å². The zero-order chi connectivity index (χ0) is 16.8. The topological polar surface area (TPSA) is 12.9 Å². The van der Waals surface area contributed by atoms with Crippen LogP contribution in [0.4, 0.5) is 0 Å². The first kappa shape index (κ1) is 14.7. The van der Waals surface area contributed by atoms with E-state index in [1.54, 1.807) is 5.57 Å². The molecule has 2 aromatic carbocycles. The Morgan fingerprint density at radius 2 is 1.92 bits per heavy atom. The molecule has 2 aliphatic rings. The summed E-state index contributed by atoms with van der Waals surface area (Å²) < 4.78 is 0. The van der Waals surface area contributed by atoms with E-state index in [0.717, 1.165) is 6.42 Å². The zero-order valence-corrected chi connectivity index (χ0v) is 14.5. The minimum absolute atomic E-state index is 1.15. The predicted octanol–water partition coefficient (Wildman–Crippen LogP) is 6.26. The van der Waals surface area contributed by atoms with Crippen LogP contribution in [0.2, 0.25) is 0 Å². The number of rotatable bonds is 1. The van der Waals surface area contributed by atoms with Crippen molar-refractivity contribution < 1.29 is 0 Å². The van der Waals surface area contributed by atoms with Crippen LogP contribution in [0.5, 0.6) is 0 Å². The fourth-order valence-corrected chi connectivity index (χ4v) is 4.48. The monoisotopic (exact) mass is 323 g/mol. The van der Waals surface area contributed by atoms with Gasteiger partial charge in [0.05, 0.1) is 0 Å². The summed E-state index contributed by atoms with van der Waals surface area (Å²) in [6, 6.07) is 13.5. The van der Waals surface area contributed by atoms with Crippen LogP contribution in [0, 0.1) is 6.92 Å². The number of hydrogen-bond acceptors (Lipinski definition) is 1. The molecule has 1 aromatic heterocycles. The molecule has 122 valence electrons. The lowest BCUT2D eigenvalue weighted by molar-refractivity contribution is 0.831. The second-order valence-corrected chi connectivity index (χ2v) is 7.20. The Bertz CT molecular complexity index is 1040. The van der Waals surface area contributed by atoms with Gasteiger partial charge in [-0.25, -0.2) is 0 Å². The first-order valence-electron chi connectivity index (χ1n) is 9.17. The Labute approximate surface area is 148 Å². The molecule has 0 atom stereocenters. The van der Waals surface area contributed by atoms with Crippen LogP contribution < -0.4 is 0 Å². The molecule has 0 bridgehead atoms. The van der Waals surface area contributed by atoms with Crippen molar-refractivity contribution in [2.24, 2.45) is 0 Å². The summed E-state index contributed by atoms with van der Waals surface area (Å²) in [7, 11) is 0. The molecule has 0 fully saturated rings. The average molecular weight is 323 g/mol. The molecule has 1 heterocycles. The van der Waals surface area contributed by atoms with Gasteiger partial charge in [-0.1, -0.05) is 48.1 Å². The van der Waals surface area contributed by atoms with E-state index in [4.69, 9.17) is 0 Å². The molecule has 0 N–H and O–H groups in total. The van der Waals surface area contributed by atoms with Gasteiger partial charge in [0.25, 0.3) is 0 Å². The third-order valence-corrected chi connectivity index (χ3v) is 5.59. The number of aromatic nitrogens is 1. The van der Waals surface area contributed by atoms with Gasteiger partial charge in [0.15, 0.2) is 0 Å². The number of pyridine rings is 1. The lowest BCUT2D eigenvalue weighted by Crippen LogP contribution is -2.07. The lowest BCUT2D eigenvalue weighted by Gasteiger charge is -2.26. The van der Waals surface area contributed by atoms with Gasteiger partial charge in [-0.05, 0) is 77.3 Å². The smallest absolute Gasteiger partial charge is 0.0346 e. The Hall–Kier alpha value is -2.67. The number of aryl methyl sites for hydroxylation is 2. The van der Waals surface area contributed by atoms with Crippen LogP contribution >= 0.6 is 0 Å². The third-order valence-electron chi connectivity index (χ3n) is 5.59. The van der Waals surface area contributed by atoms with E-state index in [2.05, 4.69) is 54.4 Å². The third kappa shape index (κ3) is 2.34. The highest BCUT2D eigenvalue weighted by Crippen LogP contribution is 2.42. The average Bonchev–Trinajstić information content (AvgIpc) is 2.67. The van der Waals surface area contributed by atoms with Gasteiger partial charge in [-0.2, -0.15) is 0 Å². The van der Waals surface area contributed by atoms with E-state index in [-0.39, 0.29) is 0 Å². The highest BCUT2D eigenvalue weighted by Gasteiger charge is 2.22. The highest BCUT2D eigenvalue weighted by atomic mass is 14.6. The molecule has 0 radical (unpaired) electrons. The second kappa shape index (κ2) is 5.70. The van der Waals surface area contributed by atoms with Crippen molar-refractivity contribution in [1.82, 2.24) is 4.98 Å². The Morgan fingerprint density at radius 3 is 2.80 bits per heavy atom. The number of fused-ring (bicyclic) bond motifs is 4. The maximum atomic E-state index is 4.35. The molecule has 0 saturated heterocycles. The Balaban J connectivity index is 1.85. The fraction of sp³-hybridized carbons (Fsp3) is 0.208. The quantitative estimate of drug-likeness (QED) is 0.515. The van der Waals surface area contributed by atoms with Crippen LogP contribution in [0.25, 0.3) is 27.5 Å². The summed E-state index contributed by atoms with van der Waals surface area (Å²) >= 11 is 0. The molecular formula is C24H21N. The van der Waals surface area contributed by atoms with Gasteiger partial charge in [0, 0.05) is 18.0 Å². The van der Waals surface area contributed by atoms with Crippen molar-refractivity contribution in [3.8, 4) is 11.1 Å². The summed E-state index contributed by atoms with van der Waals surface area (Å²) in [5, 5.41) is 2.77. The molecule has 25 heavy (non-hydrogen) atoms. The van der Waals surface area contributed by atoms with Gasteiger partial charge < -0.3 is 0 Å². The van der Waals surface area contributed by atoms with Crippen LogP contribution in [-0.4, -0.2) is 4.98 Å². The molecular weight excluding hydrogens is 302 g/mol. The zero-order valence-electron chi connectivity index (χ0n) is 14.5. The Kier molecular flexibility index (Phi) is 3.34.